The van der Waals surface area contributed by atoms with Crippen molar-refractivity contribution in [1.29, 1.82) is 5.26 Å². The third kappa shape index (κ3) is 5.48. The second-order valence-corrected chi connectivity index (χ2v) is 9.13. The number of hydrogen-bond acceptors (Lipinski definition) is 8. The van der Waals surface area contributed by atoms with Crippen LogP contribution in [0.25, 0.3) is 11.4 Å². The molecule has 0 radical (unpaired) electrons. The van der Waals surface area contributed by atoms with E-state index in [9.17, 15) is 19.2 Å². The highest BCUT2D eigenvalue weighted by Crippen LogP contribution is 2.37. The Balaban J connectivity index is 1.30. The van der Waals surface area contributed by atoms with Gasteiger partial charge in [0, 0.05) is 16.9 Å². The lowest BCUT2D eigenvalue weighted by atomic mass is 10.1. The van der Waals surface area contributed by atoms with Crippen LogP contribution < -0.4 is 5.32 Å². The Kier molecular flexibility index (Phi) is 7.33. The summed E-state index contributed by atoms with van der Waals surface area (Å²) in [5, 5.41) is 16.7. The van der Waals surface area contributed by atoms with Crippen molar-refractivity contribution < 1.29 is 23.2 Å². The van der Waals surface area contributed by atoms with Crippen molar-refractivity contribution >= 4 is 28.2 Å². The lowest BCUT2D eigenvalue weighted by Gasteiger charge is -2.12. The first-order valence-electron chi connectivity index (χ1n) is 11.1. The Bertz CT molecular complexity index is 1230. The highest BCUT2D eigenvalue weighted by atomic mass is 32.1. The van der Waals surface area contributed by atoms with Crippen molar-refractivity contribution in [1.82, 2.24) is 10.1 Å². The average Bonchev–Trinajstić information content (AvgIpc) is 3.35. The van der Waals surface area contributed by atoms with E-state index in [-0.39, 0.29) is 24.5 Å². The minimum absolute atomic E-state index is 0.0561. The fourth-order valence-corrected chi connectivity index (χ4v) is 5.00. The van der Waals surface area contributed by atoms with E-state index < -0.39 is 18.0 Å². The van der Waals surface area contributed by atoms with Crippen LogP contribution in [0, 0.1) is 17.1 Å². The second kappa shape index (κ2) is 10.6. The number of thiophene rings is 1. The van der Waals surface area contributed by atoms with Crippen molar-refractivity contribution in [3.8, 4) is 17.5 Å². The number of nitrogens with zero attached hydrogens (tertiary/aromatic N) is 3. The minimum atomic E-state index is -1.03. The molecule has 176 valence electrons. The third-order valence-corrected chi connectivity index (χ3v) is 6.77. The molecule has 1 aliphatic carbocycles. The van der Waals surface area contributed by atoms with E-state index in [1.54, 1.807) is 0 Å². The number of benzene rings is 1. The van der Waals surface area contributed by atoms with Crippen molar-refractivity contribution in [2.45, 2.75) is 58.0 Å². The number of esters is 1. The van der Waals surface area contributed by atoms with E-state index in [1.165, 1.54) is 42.5 Å². The summed E-state index contributed by atoms with van der Waals surface area (Å²) in [7, 11) is 0. The summed E-state index contributed by atoms with van der Waals surface area (Å²) in [5.41, 5.74) is 2.14. The predicted octanol–water partition coefficient (Wildman–Crippen LogP) is 4.58. The van der Waals surface area contributed by atoms with Crippen LogP contribution >= 0.6 is 11.3 Å². The molecule has 0 fully saturated rings. The van der Waals surface area contributed by atoms with Crippen LogP contribution in [-0.2, 0) is 33.6 Å². The number of ether oxygens (including phenoxy) is 1. The van der Waals surface area contributed by atoms with Crippen molar-refractivity contribution in [3.63, 3.8) is 0 Å². The molecule has 4 rings (SSSR count). The van der Waals surface area contributed by atoms with E-state index in [0.29, 0.717) is 22.0 Å². The SMILES string of the molecule is CC(OC(=O)CCc1nc(-c2ccc(F)cc2)no1)C(=O)Nc1sc2c(c1C#N)CCCCC2. The van der Waals surface area contributed by atoms with Crippen LogP contribution in [0.4, 0.5) is 9.39 Å². The monoisotopic (exact) mass is 482 g/mol. The molecule has 8 nitrogen and oxygen atoms in total. The molecule has 3 aromatic rings. The summed E-state index contributed by atoms with van der Waals surface area (Å²) in [4.78, 5) is 30.2. The number of amides is 1. The number of anilines is 1. The van der Waals surface area contributed by atoms with Gasteiger partial charge in [0.2, 0.25) is 11.7 Å². The van der Waals surface area contributed by atoms with Crippen LogP contribution in [0.3, 0.4) is 0 Å². The summed E-state index contributed by atoms with van der Waals surface area (Å²) in [6, 6.07) is 7.86. The first-order chi connectivity index (χ1) is 16.4. The van der Waals surface area contributed by atoms with Gasteiger partial charge in [-0.15, -0.1) is 11.3 Å². The van der Waals surface area contributed by atoms with Gasteiger partial charge in [-0.2, -0.15) is 10.2 Å². The fourth-order valence-electron chi connectivity index (χ4n) is 3.75. The lowest BCUT2D eigenvalue weighted by Crippen LogP contribution is -2.30. The topological polar surface area (TPSA) is 118 Å². The normalized spacial score (nSPS) is 13.9. The maximum Gasteiger partial charge on any atom is 0.307 e. The van der Waals surface area contributed by atoms with E-state index >= 15 is 0 Å². The number of nitriles is 1. The van der Waals surface area contributed by atoms with Crippen LogP contribution in [-0.4, -0.2) is 28.1 Å². The molecule has 0 saturated carbocycles. The third-order valence-electron chi connectivity index (χ3n) is 5.56. The highest BCUT2D eigenvalue weighted by Gasteiger charge is 2.24. The van der Waals surface area contributed by atoms with E-state index in [4.69, 9.17) is 9.26 Å². The van der Waals surface area contributed by atoms with Gasteiger partial charge in [0.25, 0.3) is 5.91 Å². The second-order valence-electron chi connectivity index (χ2n) is 8.02. The van der Waals surface area contributed by atoms with Gasteiger partial charge < -0.3 is 14.6 Å². The van der Waals surface area contributed by atoms with Gasteiger partial charge in [-0.05, 0) is 62.4 Å². The lowest BCUT2D eigenvalue weighted by molar-refractivity contribution is -0.153. The first kappa shape index (κ1) is 23.6. The Labute approximate surface area is 199 Å². The largest absolute Gasteiger partial charge is 0.453 e. The number of nitrogens with one attached hydrogen (secondary N) is 1. The maximum absolute atomic E-state index is 13.0. The minimum Gasteiger partial charge on any atom is -0.453 e. The summed E-state index contributed by atoms with van der Waals surface area (Å²) in [6.45, 7) is 1.48. The van der Waals surface area contributed by atoms with Gasteiger partial charge >= 0.3 is 5.97 Å². The Morgan fingerprint density at radius 2 is 2.03 bits per heavy atom. The summed E-state index contributed by atoms with van der Waals surface area (Å²) in [5.74, 6) is -0.929. The number of rotatable bonds is 7. The number of aromatic nitrogens is 2. The zero-order chi connectivity index (χ0) is 24.1. The van der Waals surface area contributed by atoms with E-state index in [0.717, 1.165) is 42.5 Å². The smallest absolute Gasteiger partial charge is 0.307 e. The zero-order valence-corrected chi connectivity index (χ0v) is 19.4. The summed E-state index contributed by atoms with van der Waals surface area (Å²) < 4.78 is 23.4. The zero-order valence-electron chi connectivity index (χ0n) is 18.6. The standard InChI is InChI=1S/C24H23FN4O4S/c1-14(23(31)28-24-18(13-26)17-5-3-2-4-6-19(17)34-24)32-21(30)12-11-20-27-22(29-33-20)15-7-9-16(25)10-8-15/h7-10,14H,2-6,11-12H2,1H3,(H,28,31). The molecule has 1 aliphatic rings. The number of aryl methyl sites for hydroxylation is 2. The quantitative estimate of drug-likeness (QED) is 0.387. The first-order valence-corrected chi connectivity index (χ1v) is 11.9. The molecule has 1 unspecified atom stereocenters. The maximum atomic E-state index is 13.0. The molecule has 0 saturated heterocycles. The molecule has 1 atom stereocenters. The molecule has 1 aromatic carbocycles. The Morgan fingerprint density at radius 1 is 1.26 bits per heavy atom. The van der Waals surface area contributed by atoms with E-state index in [1.807, 2.05) is 0 Å². The molecule has 1 N–H and O–H groups in total. The number of carbonyl (C=O) groups excluding carboxylic acids is 2. The Hall–Kier alpha value is -3.58. The van der Waals surface area contributed by atoms with Crippen LogP contribution in [0.5, 0.6) is 0 Å². The molecule has 2 aromatic heterocycles. The van der Waals surface area contributed by atoms with Gasteiger partial charge in [0.05, 0.1) is 12.0 Å². The molecule has 2 heterocycles. The molecule has 0 bridgehead atoms. The van der Waals surface area contributed by atoms with Crippen molar-refractivity contribution in [3.05, 3.63) is 52.0 Å². The van der Waals surface area contributed by atoms with Gasteiger partial charge in [-0.3, -0.25) is 9.59 Å². The molecule has 0 spiro atoms. The number of halogens is 1. The molecule has 10 heteroatoms. The predicted molar refractivity (Wildman–Crippen MR) is 122 cm³/mol. The molecule has 1 amide bonds. The van der Waals surface area contributed by atoms with Crippen molar-refractivity contribution in [2.75, 3.05) is 5.32 Å². The number of hydrogen-bond donors (Lipinski definition) is 1. The molecule has 0 aliphatic heterocycles. The summed E-state index contributed by atoms with van der Waals surface area (Å²) in [6.07, 6.45) is 4.05. The summed E-state index contributed by atoms with van der Waals surface area (Å²) >= 11 is 1.43. The van der Waals surface area contributed by atoms with Gasteiger partial charge in [0.15, 0.2) is 6.10 Å². The Morgan fingerprint density at radius 3 is 2.79 bits per heavy atom. The molecule has 34 heavy (non-hydrogen) atoms. The molecular weight excluding hydrogens is 459 g/mol. The van der Waals surface area contributed by atoms with Crippen LogP contribution in [0.15, 0.2) is 28.8 Å². The van der Waals surface area contributed by atoms with Crippen LogP contribution in [0.2, 0.25) is 0 Å². The van der Waals surface area contributed by atoms with Gasteiger partial charge in [0.1, 0.15) is 16.9 Å². The highest BCUT2D eigenvalue weighted by molar-refractivity contribution is 7.16. The van der Waals surface area contributed by atoms with Gasteiger partial charge in [-0.25, -0.2) is 4.39 Å². The van der Waals surface area contributed by atoms with Gasteiger partial charge in [-0.1, -0.05) is 11.6 Å². The van der Waals surface area contributed by atoms with Crippen LogP contribution in [0.1, 0.15) is 54.5 Å². The molecular formula is C24H23FN4O4S. The number of fused-ring (bicyclic) bond motifs is 1. The van der Waals surface area contributed by atoms with Crippen molar-refractivity contribution in [2.24, 2.45) is 0 Å². The fraction of sp³-hybridized carbons (Fsp3) is 0.375. The van der Waals surface area contributed by atoms with E-state index in [2.05, 4.69) is 21.5 Å². The number of carbonyl (C=O) groups is 2. The average molecular weight is 483 g/mol.